The number of nitrogens with zero attached hydrogens (tertiary/aromatic N) is 1. The van der Waals surface area contributed by atoms with Gasteiger partial charge in [0.2, 0.25) is 5.91 Å². The maximum absolute atomic E-state index is 12.7. The number of hydrogen-bond acceptors (Lipinski definition) is 2. The zero-order valence-corrected chi connectivity index (χ0v) is 12.3. The van der Waals surface area contributed by atoms with Crippen molar-refractivity contribution >= 4 is 35.3 Å². The molecule has 0 atom stereocenters. The van der Waals surface area contributed by atoms with Gasteiger partial charge in [-0.2, -0.15) is 5.10 Å². The molecule has 0 aliphatic rings. The zero-order chi connectivity index (χ0) is 15.2. The minimum absolute atomic E-state index is 0.124. The van der Waals surface area contributed by atoms with E-state index in [1.165, 1.54) is 18.3 Å². The summed E-state index contributed by atoms with van der Waals surface area (Å²) in [4.78, 5) is 11.6. The molecule has 0 fully saturated rings. The van der Waals surface area contributed by atoms with Crippen LogP contribution in [0.15, 0.2) is 47.6 Å². The van der Waals surface area contributed by atoms with Crippen molar-refractivity contribution in [1.82, 2.24) is 5.43 Å². The average molecular weight is 325 g/mol. The molecule has 21 heavy (non-hydrogen) atoms. The minimum atomic E-state index is -0.336. The van der Waals surface area contributed by atoms with Gasteiger partial charge in [0.1, 0.15) is 5.82 Å². The van der Waals surface area contributed by atoms with E-state index in [4.69, 9.17) is 23.2 Å². The third-order valence-electron chi connectivity index (χ3n) is 2.62. The fourth-order valence-corrected chi connectivity index (χ4v) is 1.91. The van der Waals surface area contributed by atoms with E-state index in [0.717, 1.165) is 0 Å². The van der Waals surface area contributed by atoms with Gasteiger partial charge in [-0.25, -0.2) is 9.82 Å². The van der Waals surface area contributed by atoms with Gasteiger partial charge in [0, 0.05) is 0 Å². The Labute approximate surface area is 131 Å². The van der Waals surface area contributed by atoms with Crippen molar-refractivity contribution in [2.75, 3.05) is 0 Å². The molecular formula is C15H11Cl2FN2O. The maximum Gasteiger partial charge on any atom is 0.244 e. The summed E-state index contributed by atoms with van der Waals surface area (Å²) in [5.41, 5.74) is 3.81. The molecule has 1 amide bonds. The van der Waals surface area contributed by atoms with Crippen LogP contribution in [0.3, 0.4) is 0 Å². The van der Waals surface area contributed by atoms with Crippen molar-refractivity contribution in [1.29, 1.82) is 0 Å². The van der Waals surface area contributed by atoms with Crippen molar-refractivity contribution in [2.24, 2.45) is 5.10 Å². The number of carbonyl (C=O) groups excluding carboxylic acids is 1. The van der Waals surface area contributed by atoms with Crippen molar-refractivity contribution in [3.8, 4) is 0 Å². The second-order valence-electron chi connectivity index (χ2n) is 4.27. The minimum Gasteiger partial charge on any atom is -0.273 e. The quantitative estimate of drug-likeness (QED) is 0.674. The second-order valence-corrected chi connectivity index (χ2v) is 5.08. The molecule has 0 saturated heterocycles. The largest absolute Gasteiger partial charge is 0.273 e. The Hall–Kier alpha value is -1.91. The summed E-state index contributed by atoms with van der Waals surface area (Å²) in [6.07, 6.45) is 1.59. The van der Waals surface area contributed by atoms with Gasteiger partial charge in [-0.15, -0.1) is 0 Å². The van der Waals surface area contributed by atoms with Crippen molar-refractivity contribution < 1.29 is 9.18 Å². The summed E-state index contributed by atoms with van der Waals surface area (Å²) in [6, 6.07) is 10.7. The van der Waals surface area contributed by atoms with Crippen LogP contribution in [0.25, 0.3) is 0 Å². The first-order valence-corrected chi connectivity index (χ1v) is 6.81. The van der Waals surface area contributed by atoms with E-state index in [1.807, 2.05) is 0 Å². The van der Waals surface area contributed by atoms with Gasteiger partial charge in [-0.05, 0) is 35.4 Å². The van der Waals surface area contributed by atoms with Crippen LogP contribution in [0.5, 0.6) is 0 Å². The molecule has 0 heterocycles. The molecule has 0 unspecified atom stereocenters. The lowest BCUT2D eigenvalue weighted by Crippen LogP contribution is -2.19. The van der Waals surface area contributed by atoms with Crippen LogP contribution in [-0.4, -0.2) is 12.1 Å². The Morgan fingerprint density at radius 3 is 2.52 bits per heavy atom. The lowest BCUT2D eigenvalue weighted by Gasteiger charge is -2.01. The van der Waals surface area contributed by atoms with E-state index in [-0.39, 0.29) is 18.1 Å². The van der Waals surface area contributed by atoms with Crippen molar-refractivity contribution in [2.45, 2.75) is 6.42 Å². The average Bonchev–Trinajstić information content (AvgIpc) is 2.45. The van der Waals surface area contributed by atoms with Crippen LogP contribution in [0.4, 0.5) is 4.39 Å². The molecule has 2 aromatic carbocycles. The highest BCUT2D eigenvalue weighted by atomic mass is 35.5. The number of hydrazone groups is 1. The Bertz CT molecular complexity index is 672. The predicted octanol–water partition coefficient (Wildman–Crippen LogP) is 3.83. The standard InChI is InChI=1S/C15H11Cl2FN2O/c16-13-6-3-11(7-14(13)17)9-19-20-15(21)8-10-1-4-12(18)5-2-10/h1-7,9H,8H2,(H,20,21)/b19-9-. The van der Waals surface area contributed by atoms with Gasteiger partial charge in [0.05, 0.1) is 22.7 Å². The molecule has 2 rings (SSSR count). The summed E-state index contributed by atoms with van der Waals surface area (Å²) < 4.78 is 12.7. The molecule has 6 heteroatoms. The number of rotatable bonds is 4. The highest BCUT2D eigenvalue weighted by molar-refractivity contribution is 6.42. The van der Waals surface area contributed by atoms with Gasteiger partial charge >= 0.3 is 0 Å². The second kappa shape index (κ2) is 7.20. The number of halogens is 3. The summed E-state index contributed by atoms with van der Waals surface area (Å²) in [5.74, 6) is -0.630. The first-order valence-electron chi connectivity index (χ1n) is 6.06. The number of hydrogen-bond donors (Lipinski definition) is 1. The number of amides is 1. The SMILES string of the molecule is O=C(Cc1ccc(F)cc1)N/N=C\c1ccc(Cl)c(Cl)c1. The van der Waals surface area contributed by atoms with Crippen molar-refractivity contribution in [3.63, 3.8) is 0 Å². The Morgan fingerprint density at radius 1 is 1.14 bits per heavy atom. The summed E-state index contributed by atoms with van der Waals surface area (Å²) in [5, 5.41) is 4.69. The van der Waals surface area contributed by atoms with E-state index < -0.39 is 0 Å². The molecule has 0 radical (unpaired) electrons. The normalized spacial score (nSPS) is 10.8. The van der Waals surface area contributed by atoms with Crippen LogP contribution in [-0.2, 0) is 11.2 Å². The third-order valence-corrected chi connectivity index (χ3v) is 3.36. The van der Waals surface area contributed by atoms with Crippen LogP contribution in [0.1, 0.15) is 11.1 Å². The van der Waals surface area contributed by atoms with Gasteiger partial charge in [0.15, 0.2) is 0 Å². The van der Waals surface area contributed by atoms with E-state index in [1.54, 1.807) is 30.3 Å². The molecule has 0 saturated carbocycles. The van der Waals surface area contributed by atoms with E-state index in [2.05, 4.69) is 10.5 Å². The molecule has 0 spiro atoms. The van der Waals surface area contributed by atoms with Crippen LogP contribution in [0, 0.1) is 5.82 Å². The predicted molar refractivity (Wildman–Crippen MR) is 82.3 cm³/mol. The van der Waals surface area contributed by atoms with E-state index in [9.17, 15) is 9.18 Å². The summed E-state index contributed by atoms with van der Waals surface area (Å²) in [6.45, 7) is 0. The first kappa shape index (κ1) is 15.5. The molecular weight excluding hydrogens is 314 g/mol. The number of nitrogens with one attached hydrogen (secondary N) is 1. The van der Waals surface area contributed by atoms with E-state index in [0.29, 0.717) is 21.2 Å². The number of carbonyl (C=O) groups is 1. The fraction of sp³-hybridized carbons (Fsp3) is 0.0667. The Kier molecular flexibility index (Phi) is 5.31. The smallest absolute Gasteiger partial charge is 0.244 e. The van der Waals surface area contributed by atoms with Crippen molar-refractivity contribution in [3.05, 3.63) is 69.5 Å². The lowest BCUT2D eigenvalue weighted by molar-refractivity contribution is -0.120. The molecule has 0 bridgehead atoms. The lowest BCUT2D eigenvalue weighted by atomic mass is 10.1. The molecule has 0 aliphatic carbocycles. The Balaban J connectivity index is 1.89. The van der Waals surface area contributed by atoms with Gasteiger partial charge < -0.3 is 0 Å². The molecule has 0 aromatic heterocycles. The van der Waals surface area contributed by atoms with Crippen LogP contribution in [0.2, 0.25) is 10.0 Å². The van der Waals surface area contributed by atoms with E-state index >= 15 is 0 Å². The van der Waals surface area contributed by atoms with Crippen LogP contribution < -0.4 is 5.43 Å². The number of benzene rings is 2. The molecule has 108 valence electrons. The highest BCUT2D eigenvalue weighted by Gasteiger charge is 2.02. The summed E-state index contributed by atoms with van der Waals surface area (Å²) in [7, 11) is 0. The van der Waals surface area contributed by atoms with Gasteiger partial charge in [-0.1, -0.05) is 41.4 Å². The molecule has 0 aliphatic heterocycles. The molecule has 3 nitrogen and oxygen atoms in total. The fourth-order valence-electron chi connectivity index (χ4n) is 1.60. The van der Waals surface area contributed by atoms with Gasteiger partial charge in [-0.3, -0.25) is 4.79 Å². The van der Waals surface area contributed by atoms with Crippen LogP contribution >= 0.6 is 23.2 Å². The molecule has 2 aromatic rings. The van der Waals surface area contributed by atoms with Gasteiger partial charge in [0.25, 0.3) is 0 Å². The summed E-state index contributed by atoms with van der Waals surface area (Å²) >= 11 is 11.7. The first-order chi connectivity index (χ1) is 10.0. The highest BCUT2D eigenvalue weighted by Crippen LogP contribution is 2.21. The maximum atomic E-state index is 12.7. The zero-order valence-electron chi connectivity index (χ0n) is 10.8. The third kappa shape index (κ3) is 4.85. The Morgan fingerprint density at radius 2 is 1.86 bits per heavy atom. The molecule has 1 N–H and O–H groups in total. The monoisotopic (exact) mass is 324 g/mol. The topological polar surface area (TPSA) is 41.5 Å².